The fraction of sp³-hybridized carbons (Fsp3) is 0.619. The predicted molar refractivity (Wildman–Crippen MR) is 116 cm³/mol. The Kier molecular flexibility index (Phi) is 6.82. The van der Waals surface area contributed by atoms with E-state index in [1.807, 2.05) is 12.3 Å². The third-order valence-electron chi connectivity index (χ3n) is 5.82. The SMILES string of the molecule is FC1=C(NCNc2cnc(NC3CCCC3)nc2NC2CCNCC2)C=CCC1. The summed E-state index contributed by atoms with van der Waals surface area (Å²) in [5.41, 5.74) is 1.38. The zero-order valence-electron chi connectivity index (χ0n) is 16.9. The summed E-state index contributed by atoms with van der Waals surface area (Å²) in [5.74, 6) is 1.40. The van der Waals surface area contributed by atoms with E-state index in [-0.39, 0.29) is 5.83 Å². The Morgan fingerprint density at radius 2 is 1.83 bits per heavy atom. The highest BCUT2D eigenvalue weighted by Crippen LogP contribution is 2.25. The predicted octanol–water partition coefficient (Wildman–Crippen LogP) is 3.49. The number of halogens is 1. The topological polar surface area (TPSA) is 85.9 Å². The molecule has 3 aliphatic rings. The lowest BCUT2D eigenvalue weighted by Crippen LogP contribution is -2.36. The van der Waals surface area contributed by atoms with Gasteiger partial charge in [-0.15, -0.1) is 0 Å². The maximum absolute atomic E-state index is 13.9. The van der Waals surface area contributed by atoms with Crippen molar-refractivity contribution in [2.75, 3.05) is 35.7 Å². The molecule has 8 heteroatoms. The molecule has 1 aromatic heterocycles. The maximum Gasteiger partial charge on any atom is 0.224 e. The Labute approximate surface area is 172 Å². The van der Waals surface area contributed by atoms with Crippen molar-refractivity contribution in [1.82, 2.24) is 20.6 Å². The summed E-state index contributed by atoms with van der Waals surface area (Å²) < 4.78 is 13.9. The van der Waals surface area contributed by atoms with Crippen LogP contribution in [0.15, 0.2) is 29.9 Å². The summed E-state index contributed by atoms with van der Waals surface area (Å²) in [7, 11) is 0. The fourth-order valence-corrected chi connectivity index (χ4v) is 4.13. The van der Waals surface area contributed by atoms with Crippen LogP contribution < -0.4 is 26.6 Å². The van der Waals surface area contributed by atoms with Crippen molar-refractivity contribution in [2.45, 2.75) is 63.5 Å². The minimum Gasteiger partial charge on any atom is -0.366 e. The van der Waals surface area contributed by atoms with Gasteiger partial charge in [0.15, 0.2) is 5.82 Å². The molecule has 1 saturated carbocycles. The summed E-state index contributed by atoms with van der Waals surface area (Å²) in [6, 6.07) is 0.857. The first-order valence-corrected chi connectivity index (χ1v) is 10.9. The van der Waals surface area contributed by atoms with Crippen molar-refractivity contribution < 1.29 is 4.39 Å². The van der Waals surface area contributed by atoms with Gasteiger partial charge >= 0.3 is 0 Å². The second-order valence-corrected chi connectivity index (χ2v) is 8.04. The number of nitrogens with zero attached hydrogens (tertiary/aromatic N) is 2. The van der Waals surface area contributed by atoms with Crippen LogP contribution in [-0.2, 0) is 0 Å². The molecule has 0 bridgehead atoms. The number of nitrogens with one attached hydrogen (secondary N) is 5. The minimum absolute atomic E-state index is 0.0882. The summed E-state index contributed by atoms with van der Waals surface area (Å²) >= 11 is 0. The normalized spacial score (nSPS) is 20.7. The van der Waals surface area contributed by atoms with Crippen LogP contribution in [0.4, 0.5) is 21.8 Å². The number of aromatic nitrogens is 2. The van der Waals surface area contributed by atoms with Crippen LogP contribution in [0, 0.1) is 0 Å². The second kappa shape index (κ2) is 9.91. The highest BCUT2D eigenvalue weighted by molar-refractivity contribution is 5.65. The lowest BCUT2D eigenvalue weighted by molar-refractivity contribution is 0.478. The molecule has 0 unspecified atom stereocenters. The molecule has 7 nitrogen and oxygen atoms in total. The molecule has 158 valence electrons. The molecule has 2 heterocycles. The average Bonchev–Trinajstić information content (AvgIpc) is 3.25. The van der Waals surface area contributed by atoms with Crippen molar-refractivity contribution in [3.8, 4) is 0 Å². The third kappa shape index (κ3) is 5.59. The first kappa shape index (κ1) is 19.9. The zero-order valence-corrected chi connectivity index (χ0v) is 16.9. The molecule has 1 saturated heterocycles. The monoisotopic (exact) mass is 401 g/mol. The number of rotatable bonds is 8. The fourth-order valence-electron chi connectivity index (χ4n) is 4.13. The molecule has 2 aliphatic carbocycles. The zero-order chi connectivity index (χ0) is 19.9. The third-order valence-corrected chi connectivity index (χ3v) is 5.82. The van der Waals surface area contributed by atoms with Crippen molar-refractivity contribution in [1.29, 1.82) is 0 Å². The van der Waals surface area contributed by atoms with E-state index in [1.54, 1.807) is 6.08 Å². The van der Waals surface area contributed by atoms with Crippen LogP contribution in [0.5, 0.6) is 0 Å². The van der Waals surface area contributed by atoms with Crippen LogP contribution in [0.2, 0.25) is 0 Å². The largest absolute Gasteiger partial charge is 0.366 e. The van der Waals surface area contributed by atoms with Crippen LogP contribution in [0.25, 0.3) is 0 Å². The van der Waals surface area contributed by atoms with Gasteiger partial charge in [0.1, 0.15) is 5.83 Å². The van der Waals surface area contributed by atoms with Gasteiger partial charge in [-0.2, -0.15) is 4.98 Å². The highest BCUT2D eigenvalue weighted by Gasteiger charge is 2.19. The molecule has 29 heavy (non-hydrogen) atoms. The highest BCUT2D eigenvalue weighted by atomic mass is 19.1. The number of allylic oxidation sites excluding steroid dienone is 3. The molecule has 0 spiro atoms. The lowest BCUT2D eigenvalue weighted by Gasteiger charge is -2.26. The van der Waals surface area contributed by atoms with Crippen molar-refractivity contribution >= 4 is 17.5 Å². The van der Waals surface area contributed by atoms with E-state index >= 15 is 0 Å². The van der Waals surface area contributed by atoms with Crippen molar-refractivity contribution in [2.24, 2.45) is 0 Å². The van der Waals surface area contributed by atoms with E-state index in [0.717, 1.165) is 43.9 Å². The van der Waals surface area contributed by atoms with E-state index in [2.05, 4.69) is 31.6 Å². The standard InChI is InChI=1S/C21H32FN7/c22-17-7-3-4-8-18(17)25-14-26-19-13-24-21(28-15-5-1-2-6-15)29-20(19)27-16-9-11-23-12-10-16/h4,8,13,15-16,23,25-26H,1-3,5-7,9-12,14H2,(H2,24,27,28,29). The Morgan fingerprint density at radius 3 is 2.62 bits per heavy atom. The summed E-state index contributed by atoms with van der Waals surface area (Å²) in [6.07, 6.45) is 13.9. The summed E-state index contributed by atoms with van der Waals surface area (Å²) in [6.45, 7) is 2.44. The van der Waals surface area contributed by atoms with Crippen LogP contribution in [-0.4, -0.2) is 41.8 Å². The summed E-state index contributed by atoms with van der Waals surface area (Å²) in [4.78, 5) is 9.28. The minimum atomic E-state index is -0.0882. The van der Waals surface area contributed by atoms with E-state index in [1.165, 1.54) is 25.7 Å². The van der Waals surface area contributed by atoms with Crippen LogP contribution in [0.1, 0.15) is 51.4 Å². The second-order valence-electron chi connectivity index (χ2n) is 8.04. The smallest absolute Gasteiger partial charge is 0.224 e. The number of hydrogen-bond donors (Lipinski definition) is 5. The van der Waals surface area contributed by atoms with Gasteiger partial charge in [-0.3, -0.25) is 0 Å². The molecule has 4 rings (SSSR count). The van der Waals surface area contributed by atoms with Gasteiger partial charge in [0.2, 0.25) is 5.95 Å². The van der Waals surface area contributed by atoms with Gasteiger partial charge in [0.25, 0.3) is 0 Å². The molecule has 0 atom stereocenters. The maximum atomic E-state index is 13.9. The molecular formula is C21H32FN7. The molecule has 0 amide bonds. The Morgan fingerprint density at radius 1 is 1.03 bits per heavy atom. The average molecular weight is 402 g/mol. The number of hydrogen-bond acceptors (Lipinski definition) is 7. The number of anilines is 3. The van der Waals surface area contributed by atoms with E-state index in [4.69, 9.17) is 4.98 Å². The van der Waals surface area contributed by atoms with Crippen molar-refractivity contribution in [3.63, 3.8) is 0 Å². The molecule has 5 N–H and O–H groups in total. The van der Waals surface area contributed by atoms with Crippen LogP contribution >= 0.6 is 0 Å². The van der Waals surface area contributed by atoms with E-state index in [0.29, 0.717) is 36.8 Å². The van der Waals surface area contributed by atoms with Crippen LogP contribution in [0.3, 0.4) is 0 Å². The van der Waals surface area contributed by atoms with Gasteiger partial charge in [0, 0.05) is 18.5 Å². The summed E-state index contributed by atoms with van der Waals surface area (Å²) in [5, 5.41) is 16.9. The molecule has 0 radical (unpaired) electrons. The molecule has 1 aromatic rings. The first-order valence-electron chi connectivity index (χ1n) is 10.9. The van der Waals surface area contributed by atoms with Gasteiger partial charge in [0.05, 0.1) is 24.2 Å². The van der Waals surface area contributed by atoms with E-state index < -0.39 is 0 Å². The van der Waals surface area contributed by atoms with Gasteiger partial charge in [-0.25, -0.2) is 9.37 Å². The quantitative estimate of drug-likeness (QED) is 0.426. The Bertz CT molecular complexity index is 737. The van der Waals surface area contributed by atoms with Crippen molar-refractivity contribution in [3.05, 3.63) is 29.9 Å². The van der Waals surface area contributed by atoms with Gasteiger partial charge in [-0.05, 0) is 51.3 Å². The molecular weight excluding hydrogens is 369 g/mol. The molecule has 2 fully saturated rings. The Hall–Kier alpha value is -2.35. The van der Waals surface area contributed by atoms with E-state index in [9.17, 15) is 4.39 Å². The van der Waals surface area contributed by atoms with Gasteiger partial charge in [-0.1, -0.05) is 18.9 Å². The first-order chi connectivity index (χ1) is 14.3. The Balaban J connectivity index is 1.42. The lowest BCUT2D eigenvalue weighted by atomic mass is 10.1. The number of piperidine rings is 1. The molecule has 0 aromatic carbocycles. The van der Waals surface area contributed by atoms with Gasteiger partial charge < -0.3 is 26.6 Å². The molecule has 1 aliphatic heterocycles.